The maximum atomic E-state index is 6.18. The van der Waals surface area contributed by atoms with Gasteiger partial charge in [0.25, 0.3) is 0 Å². The summed E-state index contributed by atoms with van der Waals surface area (Å²) < 4.78 is 10.3. The van der Waals surface area contributed by atoms with Crippen molar-refractivity contribution in [2.75, 3.05) is 0 Å². The van der Waals surface area contributed by atoms with Gasteiger partial charge in [0.1, 0.15) is 0 Å². The Morgan fingerprint density at radius 2 is 1.15 bits per heavy atom. The molecule has 118 valence electrons. The van der Waals surface area contributed by atoms with Gasteiger partial charge in [-0.15, -0.1) is 22.0 Å². The van der Waals surface area contributed by atoms with Crippen molar-refractivity contribution < 1.29 is 9.31 Å². The first-order valence-electron chi connectivity index (χ1n) is 8.17. The van der Waals surface area contributed by atoms with E-state index in [0.717, 1.165) is 17.2 Å². The molecular formula is C15H16B8O2S. The molecule has 0 aliphatic carbocycles. The SMILES string of the molecule is [B]C([B])([B])C([B])(Sc1ccc(B2OC(C)(C)C(C)(C)O2)cc1)C([B])([B])[B]. The summed E-state index contributed by atoms with van der Waals surface area (Å²) in [5.41, 5.74) is 0.0109. The van der Waals surface area contributed by atoms with Gasteiger partial charge < -0.3 is 9.31 Å². The fraction of sp³-hybridized carbons (Fsp3) is 0.600. The van der Waals surface area contributed by atoms with Crippen LogP contribution in [0, 0.1) is 0 Å². The first kappa shape index (κ1) is 22.3. The Morgan fingerprint density at radius 3 is 1.50 bits per heavy atom. The molecule has 1 fully saturated rings. The van der Waals surface area contributed by atoms with Crippen molar-refractivity contribution in [1.82, 2.24) is 0 Å². The average Bonchev–Trinajstić information content (AvgIpc) is 2.65. The summed E-state index contributed by atoms with van der Waals surface area (Å²) in [6.45, 7) is 7.97. The normalized spacial score (nSPS) is 20.2. The van der Waals surface area contributed by atoms with Gasteiger partial charge in [0.2, 0.25) is 0 Å². The van der Waals surface area contributed by atoms with Crippen LogP contribution in [0.2, 0.25) is 10.2 Å². The van der Waals surface area contributed by atoms with Crippen LogP contribution < -0.4 is 5.46 Å². The molecule has 1 aromatic rings. The summed E-state index contributed by atoms with van der Waals surface area (Å²) in [5.74, 6) is 0. The summed E-state index contributed by atoms with van der Waals surface area (Å²) in [7, 11) is 40.3. The van der Waals surface area contributed by atoms with E-state index in [1.54, 1.807) is 12.1 Å². The molecule has 11 heteroatoms. The molecule has 1 aromatic carbocycles. The lowest BCUT2D eigenvalue weighted by Crippen LogP contribution is -2.53. The molecule has 0 N–H and O–H groups in total. The second kappa shape index (κ2) is 6.81. The minimum Gasteiger partial charge on any atom is -0.399 e. The van der Waals surface area contributed by atoms with Gasteiger partial charge in [0.05, 0.1) is 66.1 Å². The van der Waals surface area contributed by atoms with Gasteiger partial charge in [0.15, 0.2) is 0 Å². The van der Waals surface area contributed by atoms with Gasteiger partial charge in [-0.05, 0) is 45.3 Å². The largest absolute Gasteiger partial charge is 0.494 e. The van der Waals surface area contributed by atoms with Crippen molar-refractivity contribution in [1.29, 1.82) is 0 Å². The van der Waals surface area contributed by atoms with Crippen LogP contribution in [0.3, 0.4) is 0 Å². The minimum atomic E-state index is -1.92. The Bertz CT molecular complexity index is 621. The second-order valence-electron chi connectivity index (χ2n) is 7.86. The molecule has 0 unspecified atom stereocenters. The highest BCUT2D eigenvalue weighted by atomic mass is 32.2. The first-order valence-corrected chi connectivity index (χ1v) is 8.99. The highest BCUT2D eigenvalue weighted by Crippen LogP contribution is 2.52. The van der Waals surface area contributed by atoms with Crippen LogP contribution in [0.15, 0.2) is 29.2 Å². The van der Waals surface area contributed by atoms with Gasteiger partial charge in [-0.3, -0.25) is 0 Å². The van der Waals surface area contributed by atoms with Crippen molar-refractivity contribution in [3.8, 4) is 0 Å². The summed E-state index contributed by atoms with van der Waals surface area (Å²) in [4.78, 5) is 0.684. The van der Waals surface area contributed by atoms with E-state index in [9.17, 15) is 0 Å². The van der Waals surface area contributed by atoms with E-state index in [2.05, 4.69) is 0 Å². The molecule has 1 aliphatic rings. The van der Waals surface area contributed by atoms with Gasteiger partial charge >= 0.3 is 7.12 Å². The average molecular weight is 347 g/mol. The van der Waals surface area contributed by atoms with Gasteiger partial charge in [0, 0.05) is 4.90 Å². The maximum Gasteiger partial charge on any atom is 0.494 e. The van der Waals surface area contributed by atoms with E-state index < -0.39 is 33.2 Å². The van der Waals surface area contributed by atoms with Crippen LogP contribution in [0.25, 0.3) is 0 Å². The molecule has 0 amide bonds. The Morgan fingerprint density at radius 1 is 0.769 bits per heavy atom. The second-order valence-corrected chi connectivity index (χ2v) is 9.18. The van der Waals surface area contributed by atoms with Crippen molar-refractivity contribution in [3.05, 3.63) is 24.3 Å². The lowest BCUT2D eigenvalue weighted by Gasteiger charge is -2.54. The zero-order valence-electron chi connectivity index (χ0n) is 15.7. The van der Waals surface area contributed by atoms with Crippen LogP contribution >= 0.6 is 11.8 Å². The first-order chi connectivity index (χ1) is 11.5. The molecular weight excluding hydrogens is 331 g/mol. The standard InChI is InChI=1S/C15H16B8O2S/c1-11(2)12(3,4)25-23(24-11)9-5-7-10(8-6-9)26-13(16,14(17,18)19)15(20,21)22/h5-8H,1-4H3. The van der Waals surface area contributed by atoms with E-state index in [4.69, 9.17) is 64.2 Å². The van der Waals surface area contributed by atoms with Crippen LogP contribution in [0.5, 0.6) is 0 Å². The molecule has 0 aromatic heterocycles. The third-order valence-electron chi connectivity index (χ3n) is 4.97. The van der Waals surface area contributed by atoms with Gasteiger partial charge in [-0.2, -0.15) is 0 Å². The summed E-state index contributed by atoms with van der Waals surface area (Å²) in [5, 5.41) is -3.83. The Balaban J connectivity index is 2.23. The zero-order chi connectivity index (χ0) is 20.2. The zero-order valence-corrected chi connectivity index (χ0v) is 16.5. The molecule has 0 atom stereocenters. The molecule has 26 heavy (non-hydrogen) atoms. The highest BCUT2D eigenvalue weighted by molar-refractivity contribution is 8.02. The molecule has 2 rings (SSSR count). The predicted octanol–water partition coefficient (Wildman–Crippen LogP) is 0.101. The fourth-order valence-corrected chi connectivity index (χ4v) is 3.41. The van der Waals surface area contributed by atoms with Crippen LogP contribution in [-0.2, 0) is 9.31 Å². The molecule has 14 radical (unpaired) electrons. The van der Waals surface area contributed by atoms with Gasteiger partial charge in [-0.25, -0.2) is 0 Å². The molecule has 1 heterocycles. The molecule has 0 spiro atoms. The lowest BCUT2D eigenvalue weighted by molar-refractivity contribution is 0.00578. The fourth-order valence-electron chi connectivity index (χ4n) is 2.41. The highest BCUT2D eigenvalue weighted by Gasteiger charge is 2.51. The smallest absolute Gasteiger partial charge is 0.399 e. The van der Waals surface area contributed by atoms with Crippen LogP contribution in [0.4, 0.5) is 0 Å². The topological polar surface area (TPSA) is 18.5 Å². The molecule has 0 bridgehead atoms. The molecule has 1 aliphatic heterocycles. The summed E-state index contributed by atoms with van der Waals surface area (Å²) >= 11 is 1.00. The maximum absolute atomic E-state index is 6.18. The molecule has 1 saturated heterocycles. The van der Waals surface area contributed by atoms with E-state index in [0.29, 0.717) is 4.90 Å². The van der Waals surface area contributed by atoms with E-state index >= 15 is 0 Å². The van der Waals surface area contributed by atoms with Crippen molar-refractivity contribution in [2.45, 2.75) is 58.7 Å². The number of rotatable bonds is 5. The molecule has 2 nitrogen and oxygen atoms in total. The quantitative estimate of drug-likeness (QED) is 0.556. The number of hydrogen-bond acceptors (Lipinski definition) is 3. The monoisotopic (exact) mass is 348 g/mol. The number of thioether (sulfide) groups is 1. The number of hydrogen-bond donors (Lipinski definition) is 0. The Labute approximate surface area is 171 Å². The minimum absolute atomic E-state index is 0.423. The third kappa shape index (κ3) is 4.05. The lowest BCUT2D eigenvalue weighted by atomic mass is 9.21. The summed E-state index contributed by atoms with van der Waals surface area (Å²) in [6, 6.07) is 7.29. The molecule has 0 saturated carbocycles. The predicted molar refractivity (Wildman–Crippen MR) is 116 cm³/mol. The van der Waals surface area contributed by atoms with Crippen LogP contribution in [-0.4, -0.2) is 77.9 Å². The van der Waals surface area contributed by atoms with Gasteiger partial charge in [-0.1, -0.05) is 16.8 Å². The van der Waals surface area contributed by atoms with E-state index in [1.165, 1.54) is 0 Å². The van der Waals surface area contributed by atoms with E-state index in [1.807, 2.05) is 39.8 Å². The summed E-state index contributed by atoms with van der Waals surface area (Å²) in [6.07, 6.45) is 0. The van der Waals surface area contributed by atoms with Crippen LogP contribution in [0.1, 0.15) is 27.7 Å². The van der Waals surface area contributed by atoms with E-state index in [-0.39, 0.29) is 0 Å². The number of benzene rings is 1. The van der Waals surface area contributed by atoms with Crippen molar-refractivity contribution in [3.63, 3.8) is 0 Å². The van der Waals surface area contributed by atoms with Crippen molar-refractivity contribution in [2.24, 2.45) is 0 Å². The third-order valence-corrected chi connectivity index (χ3v) is 6.51. The Hall–Kier alpha value is 0.00948. The van der Waals surface area contributed by atoms with Crippen molar-refractivity contribution >= 4 is 79.3 Å². The Kier molecular flexibility index (Phi) is 5.84.